The zero-order valence-corrected chi connectivity index (χ0v) is 28.0. The molecule has 0 saturated heterocycles. The van der Waals surface area contributed by atoms with Crippen molar-refractivity contribution in [2.45, 2.75) is 55.2 Å². The highest BCUT2D eigenvalue weighted by atomic mass is 32.2. The standard InChI is InChI=1S/C38H42FN3O4S/c1-25-21-42(26(2)24-43)38(45)33-11-8-12-34(40-37(44)27(3)29-15-17-30(39)18-16-29)36(33)46-35(25)23-41(4)22-28-13-19-32(20-14-28)47-31-9-6-5-7-10-31/h5-20,25-27,35,43H,21-24H2,1-4H3,(H,40,44)/t25-,26+,27?,35-/m1/s1. The fraction of sp³-hybridized carbons (Fsp3) is 0.316. The molecule has 0 fully saturated rings. The molecule has 4 aromatic carbocycles. The zero-order valence-electron chi connectivity index (χ0n) is 27.2. The van der Waals surface area contributed by atoms with Gasteiger partial charge >= 0.3 is 0 Å². The Bertz CT molecular complexity index is 1650. The second-order valence-electron chi connectivity index (χ2n) is 12.3. The van der Waals surface area contributed by atoms with Gasteiger partial charge in [-0.05, 0) is 80.6 Å². The van der Waals surface area contributed by atoms with Crippen molar-refractivity contribution in [2.75, 3.05) is 32.1 Å². The Balaban J connectivity index is 1.36. The van der Waals surface area contributed by atoms with E-state index in [0.29, 0.717) is 42.2 Å². The molecule has 0 radical (unpaired) electrons. The van der Waals surface area contributed by atoms with Crippen LogP contribution in [-0.2, 0) is 11.3 Å². The minimum absolute atomic E-state index is 0.0879. The van der Waals surface area contributed by atoms with Crippen LogP contribution in [0.15, 0.2) is 107 Å². The summed E-state index contributed by atoms with van der Waals surface area (Å²) < 4.78 is 20.2. The summed E-state index contributed by atoms with van der Waals surface area (Å²) in [4.78, 5) is 33.5. The molecule has 47 heavy (non-hydrogen) atoms. The SMILES string of the molecule is CC(C(=O)Nc1cccc2c1O[C@H](CN(C)Cc1ccc(Sc3ccccc3)cc1)[C@H](C)CN([C@@H](C)CO)C2=O)c1ccc(F)cc1. The summed E-state index contributed by atoms with van der Waals surface area (Å²) in [5.41, 5.74) is 2.54. The van der Waals surface area contributed by atoms with Crippen molar-refractivity contribution in [3.05, 3.63) is 120 Å². The lowest BCUT2D eigenvalue weighted by atomic mass is 9.98. The molecule has 0 aliphatic carbocycles. The zero-order chi connectivity index (χ0) is 33.5. The van der Waals surface area contributed by atoms with E-state index in [1.165, 1.54) is 21.9 Å². The summed E-state index contributed by atoms with van der Waals surface area (Å²) in [6.07, 6.45) is -0.333. The maximum absolute atomic E-state index is 13.8. The summed E-state index contributed by atoms with van der Waals surface area (Å²) in [5.74, 6) is -1.30. The number of ether oxygens (including phenoxy) is 1. The van der Waals surface area contributed by atoms with Crippen LogP contribution in [0.2, 0.25) is 0 Å². The number of aliphatic hydroxyl groups is 1. The number of nitrogens with one attached hydrogen (secondary N) is 1. The number of nitrogens with zero attached hydrogens (tertiary/aromatic N) is 2. The largest absolute Gasteiger partial charge is 0.486 e. The number of benzene rings is 4. The van der Waals surface area contributed by atoms with Gasteiger partial charge in [-0.2, -0.15) is 0 Å². The molecule has 0 aromatic heterocycles. The lowest BCUT2D eigenvalue weighted by Crippen LogP contribution is -2.49. The van der Waals surface area contributed by atoms with E-state index in [9.17, 15) is 19.1 Å². The lowest BCUT2D eigenvalue weighted by molar-refractivity contribution is -0.117. The average Bonchev–Trinajstić information content (AvgIpc) is 3.07. The number of para-hydroxylation sites is 1. The minimum Gasteiger partial charge on any atom is -0.486 e. The molecular formula is C38H42FN3O4S. The van der Waals surface area contributed by atoms with Gasteiger partial charge in [0.15, 0.2) is 5.75 Å². The molecule has 9 heteroatoms. The Hall–Kier alpha value is -4.18. The maximum atomic E-state index is 13.8. The summed E-state index contributed by atoms with van der Waals surface area (Å²) in [7, 11) is 2.04. The normalized spacial score (nSPS) is 17.7. The van der Waals surface area contributed by atoms with Gasteiger partial charge in [-0.1, -0.05) is 67.2 Å². The van der Waals surface area contributed by atoms with E-state index in [-0.39, 0.29) is 36.3 Å². The molecule has 1 heterocycles. The molecule has 0 spiro atoms. The topological polar surface area (TPSA) is 82.1 Å². The molecule has 1 aliphatic heterocycles. The lowest BCUT2D eigenvalue weighted by Gasteiger charge is -2.38. The van der Waals surface area contributed by atoms with Crippen molar-refractivity contribution in [3.63, 3.8) is 0 Å². The number of anilines is 1. The first kappa shape index (κ1) is 34.2. The number of carbonyl (C=O) groups excluding carboxylic acids is 2. The number of hydrogen-bond acceptors (Lipinski definition) is 6. The van der Waals surface area contributed by atoms with E-state index >= 15 is 0 Å². The fourth-order valence-corrected chi connectivity index (χ4v) is 6.51. The first-order chi connectivity index (χ1) is 22.6. The average molecular weight is 656 g/mol. The van der Waals surface area contributed by atoms with Gasteiger partial charge in [0, 0.05) is 35.3 Å². The minimum atomic E-state index is -0.569. The monoisotopic (exact) mass is 655 g/mol. The Morgan fingerprint density at radius 3 is 2.36 bits per heavy atom. The summed E-state index contributed by atoms with van der Waals surface area (Å²) in [6, 6.07) is 29.4. The number of carbonyl (C=O) groups is 2. The summed E-state index contributed by atoms with van der Waals surface area (Å²) in [6.45, 7) is 7.10. The third-order valence-corrected chi connectivity index (χ3v) is 9.57. The van der Waals surface area contributed by atoms with Gasteiger partial charge in [-0.3, -0.25) is 14.5 Å². The number of hydrogen-bond donors (Lipinski definition) is 2. The molecular weight excluding hydrogens is 614 g/mol. The maximum Gasteiger partial charge on any atom is 0.258 e. The molecule has 2 amide bonds. The highest BCUT2D eigenvalue weighted by molar-refractivity contribution is 7.99. The molecule has 1 aliphatic rings. The second-order valence-corrected chi connectivity index (χ2v) is 13.5. The number of likely N-dealkylation sites (N-methyl/N-ethyl adjacent to an activating group) is 1. The molecule has 2 N–H and O–H groups in total. The van der Waals surface area contributed by atoms with Crippen LogP contribution in [-0.4, -0.2) is 65.6 Å². The number of rotatable bonds is 11. The quantitative estimate of drug-likeness (QED) is 0.180. The molecule has 7 nitrogen and oxygen atoms in total. The molecule has 4 aromatic rings. The Morgan fingerprint density at radius 1 is 1.00 bits per heavy atom. The molecule has 5 rings (SSSR count). The van der Waals surface area contributed by atoms with E-state index in [1.807, 2.05) is 39.1 Å². The molecule has 0 bridgehead atoms. The van der Waals surface area contributed by atoms with Crippen LogP contribution in [0.5, 0.6) is 5.75 Å². The number of aliphatic hydroxyl groups excluding tert-OH is 1. The van der Waals surface area contributed by atoms with Gasteiger partial charge in [0.05, 0.1) is 29.8 Å². The highest BCUT2D eigenvalue weighted by Gasteiger charge is 2.35. The number of fused-ring (bicyclic) bond motifs is 1. The van der Waals surface area contributed by atoms with E-state index in [0.717, 1.165) is 5.56 Å². The van der Waals surface area contributed by atoms with Gasteiger partial charge in [0.2, 0.25) is 5.91 Å². The predicted molar refractivity (Wildman–Crippen MR) is 184 cm³/mol. The van der Waals surface area contributed by atoms with Crippen LogP contribution >= 0.6 is 11.8 Å². The van der Waals surface area contributed by atoms with Crippen molar-refractivity contribution < 1.29 is 23.8 Å². The number of halogens is 1. The first-order valence-corrected chi connectivity index (χ1v) is 16.7. The van der Waals surface area contributed by atoms with Gasteiger partial charge in [-0.25, -0.2) is 4.39 Å². The van der Waals surface area contributed by atoms with Crippen LogP contribution in [0, 0.1) is 11.7 Å². The van der Waals surface area contributed by atoms with Crippen LogP contribution in [0.1, 0.15) is 48.2 Å². The Kier molecular flexibility index (Phi) is 11.3. The summed E-state index contributed by atoms with van der Waals surface area (Å²) >= 11 is 1.72. The second kappa shape index (κ2) is 15.6. The van der Waals surface area contributed by atoms with Crippen LogP contribution in [0.3, 0.4) is 0 Å². The van der Waals surface area contributed by atoms with Crippen molar-refractivity contribution in [1.29, 1.82) is 0 Å². The highest BCUT2D eigenvalue weighted by Crippen LogP contribution is 2.36. The van der Waals surface area contributed by atoms with E-state index in [2.05, 4.69) is 46.6 Å². The van der Waals surface area contributed by atoms with Gasteiger partial charge in [-0.15, -0.1) is 0 Å². The smallest absolute Gasteiger partial charge is 0.258 e. The Labute approximate surface area is 280 Å². The number of amides is 2. The third kappa shape index (κ3) is 8.60. The van der Waals surface area contributed by atoms with Crippen molar-refractivity contribution in [2.24, 2.45) is 5.92 Å². The van der Waals surface area contributed by atoms with Crippen LogP contribution in [0.25, 0.3) is 0 Å². The van der Waals surface area contributed by atoms with Crippen molar-refractivity contribution >= 4 is 29.3 Å². The molecule has 0 saturated carbocycles. The molecule has 1 unspecified atom stereocenters. The fourth-order valence-electron chi connectivity index (χ4n) is 5.67. The Morgan fingerprint density at radius 2 is 1.68 bits per heavy atom. The van der Waals surface area contributed by atoms with Crippen LogP contribution < -0.4 is 10.1 Å². The van der Waals surface area contributed by atoms with E-state index in [4.69, 9.17) is 4.74 Å². The van der Waals surface area contributed by atoms with Gasteiger partial charge in [0.1, 0.15) is 11.9 Å². The van der Waals surface area contributed by atoms with E-state index < -0.39 is 12.0 Å². The van der Waals surface area contributed by atoms with Gasteiger partial charge < -0.3 is 20.1 Å². The van der Waals surface area contributed by atoms with Crippen molar-refractivity contribution in [1.82, 2.24) is 9.80 Å². The first-order valence-electron chi connectivity index (χ1n) is 15.9. The van der Waals surface area contributed by atoms with E-state index in [1.54, 1.807) is 53.9 Å². The molecule has 4 atom stereocenters. The third-order valence-electron chi connectivity index (χ3n) is 8.56. The van der Waals surface area contributed by atoms with Crippen molar-refractivity contribution in [3.8, 4) is 5.75 Å². The summed E-state index contributed by atoms with van der Waals surface area (Å²) in [5, 5.41) is 13.0. The predicted octanol–water partition coefficient (Wildman–Crippen LogP) is 7.07. The molecule has 246 valence electrons. The van der Waals surface area contributed by atoms with Crippen LogP contribution in [0.4, 0.5) is 10.1 Å². The van der Waals surface area contributed by atoms with Gasteiger partial charge in [0.25, 0.3) is 5.91 Å².